The lowest BCUT2D eigenvalue weighted by Crippen LogP contribution is -2.12. The second-order valence-electron chi connectivity index (χ2n) is 2.73. The predicted octanol–water partition coefficient (Wildman–Crippen LogP) is 1.92. The van der Waals surface area contributed by atoms with E-state index in [1.54, 1.807) is 6.07 Å². The van der Waals surface area contributed by atoms with E-state index in [4.69, 9.17) is 6.42 Å². The maximum Gasteiger partial charge on any atom is 0.123 e. The Bertz CT molecular complexity index is 325. The van der Waals surface area contributed by atoms with E-state index in [0.29, 0.717) is 6.54 Å². The molecule has 1 nitrogen and oxygen atoms in total. The number of halogens is 1. The molecule has 1 rings (SSSR count). The van der Waals surface area contributed by atoms with Gasteiger partial charge in [0.15, 0.2) is 0 Å². The van der Waals surface area contributed by atoms with Crippen LogP contribution in [0, 0.1) is 18.2 Å². The molecule has 0 aromatic heterocycles. The summed E-state index contributed by atoms with van der Waals surface area (Å²) in [5.41, 5.74) is 1.59. The highest BCUT2D eigenvalue weighted by atomic mass is 19.1. The summed E-state index contributed by atoms with van der Waals surface area (Å²) in [6.45, 7) is 3.46. The largest absolute Gasteiger partial charge is 0.313 e. The number of nitrogens with one attached hydrogen (secondary N) is 1. The van der Waals surface area contributed by atoms with Gasteiger partial charge in [-0.15, -0.1) is 6.42 Å². The molecule has 0 bridgehead atoms. The van der Waals surface area contributed by atoms with Gasteiger partial charge in [0.25, 0.3) is 0 Å². The summed E-state index contributed by atoms with van der Waals surface area (Å²) in [5.74, 6) is 2.28. The third-order valence-corrected chi connectivity index (χ3v) is 1.79. The first-order valence-electron chi connectivity index (χ1n) is 4.23. The summed E-state index contributed by atoms with van der Waals surface area (Å²) >= 11 is 0. The number of hydrogen-bond donors (Lipinski definition) is 1. The van der Waals surface area contributed by atoms with E-state index in [1.165, 1.54) is 12.1 Å². The van der Waals surface area contributed by atoms with Crippen molar-refractivity contribution in [3.8, 4) is 12.3 Å². The van der Waals surface area contributed by atoms with Crippen molar-refractivity contribution in [1.29, 1.82) is 0 Å². The number of terminal acetylenes is 1. The molecular formula is C11H12FN. The van der Waals surface area contributed by atoms with Crippen LogP contribution < -0.4 is 5.32 Å². The molecule has 0 aliphatic rings. The Morgan fingerprint density at radius 3 is 2.92 bits per heavy atom. The Kier molecular flexibility index (Phi) is 3.48. The van der Waals surface area contributed by atoms with Crippen molar-refractivity contribution in [3.05, 3.63) is 35.1 Å². The summed E-state index contributed by atoms with van der Waals surface area (Å²) in [5, 5.41) is 3.10. The van der Waals surface area contributed by atoms with Crippen molar-refractivity contribution in [2.45, 2.75) is 13.5 Å². The molecule has 0 aliphatic carbocycles. The highest BCUT2D eigenvalue weighted by Gasteiger charge is 2.00. The molecule has 1 aromatic rings. The summed E-state index contributed by atoms with van der Waals surface area (Å²) < 4.78 is 12.8. The van der Waals surface area contributed by atoms with Crippen LogP contribution in [0.1, 0.15) is 18.1 Å². The Morgan fingerprint density at radius 2 is 2.31 bits per heavy atom. The summed E-state index contributed by atoms with van der Waals surface area (Å²) in [7, 11) is 0. The lowest BCUT2D eigenvalue weighted by atomic mass is 10.1. The zero-order chi connectivity index (χ0) is 9.68. The number of benzene rings is 1. The monoisotopic (exact) mass is 177 g/mol. The zero-order valence-electron chi connectivity index (χ0n) is 7.60. The van der Waals surface area contributed by atoms with Crippen LogP contribution in [0.2, 0.25) is 0 Å². The Morgan fingerprint density at radius 1 is 1.54 bits per heavy atom. The molecule has 0 spiro atoms. The molecule has 13 heavy (non-hydrogen) atoms. The van der Waals surface area contributed by atoms with Gasteiger partial charge in [0.05, 0.1) is 0 Å². The van der Waals surface area contributed by atoms with Gasteiger partial charge in [-0.3, -0.25) is 0 Å². The zero-order valence-corrected chi connectivity index (χ0v) is 7.60. The van der Waals surface area contributed by atoms with E-state index in [0.717, 1.165) is 17.7 Å². The van der Waals surface area contributed by atoms with Crippen LogP contribution in [-0.4, -0.2) is 6.54 Å². The molecule has 0 aliphatic heterocycles. The van der Waals surface area contributed by atoms with Crippen molar-refractivity contribution < 1.29 is 4.39 Å². The van der Waals surface area contributed by atoms with Crippen molar-refractivity contribution in [2.24, 2.45) is 0 Å². The number of hydrogen-bond acceptors (Lipinski definition) is 1. The molecule has 0 heterocycles. The van der Waals surface area contributed by atoms with Gasteiger partial charge in [0.2, 0.25) is 0 Å². The summed E-state index contributed by atoms with van der Waals surface area (Å²) in [4.78, 5) is 0. The molecule has 0 amide bonds. The van der Waals surface area contributed by atoms with Gasteiger partial charge in [-0.2, -0.15) is 0 Å². The maximum atomic E-state index is 12.8. The lowest BCUT2D eigenvalue weighted by molar-refractivity contribution is 0.621. The minimum Gasteiger partial charge on any atom is -0.313 e. The predicted molar refractivity (Wildman–Crippen MR) is 51.7 cm³/mol. The van der Waals surface area contributed by atoms with Gasteiger partial charge in [0.1, 0.15) is 5.82 Å². The van der Waals surface area contributed by atoms with Crippen LogP contribution >= 0.6 is 0 Å². The Balaban J connectivity index is 2.89. The normalized spacial score (nSPS) is 9.62. The minimum absolute atomic E-state index is 0.244. The van der Waals surface area contributed by atoms with E-state index in [2.05, 4.69) is 11.2 Å². The van der Waals surface area contributed by atoms with Crippen LogP contribution in [0.3, 0.4) is 0 Å². The molecule has 2 heteroatoms. The van der Waals surface area contributed by atoms with E-state index in [9.17, 15) is 4.39 Å². The molecule has 0 atom stereocenters. The van der Waals surface area contributed by atoms with Crippen molar-refractivity contribution in [3.63, 3.8) is 0 Å². The SMILES string of the molecule is C#Cc1ccc(F)cc1CNCC. The van der Waals surface area contributed by atoms with Gasteiger partial charge < -0.3 is 5.32 Å². The van der Waals surface area contributed by atoms with Gasteiger partial charge in [-0.1, -0.05) is 12.8 Å². The molecule has 0 radical (unpaired) electrons. The van der Waals surface area contributed by atoms with Gasteiger partial charge in [-0.25, -0.2) is 4.39 Å². The van der Waals surface area contributed by atoms with Crippen LogP contribution in [0.4, 0.5) is 4.39 Å². The number of rotatable bonds is 3. The topological polar surface area (TPSA) is 12.0 Å². The fraction of sp³-hybridized carbons (Fsp3) is 0.273. The van der Waals surface area contributed by atoms with Crippen molar-refractivity contribution in [2.75, 3.05) is 6.54 Å². The van der Waals surface area contributed by atoms with Crippen molar-refractivity contribution >= 4 is 0 Å². The molecule has 0 unspecified atom stereocenters. The fourth-order valence-corrected chi connectivity index (χ4v) is 1.11. The Labute approximate surface area is 78.0 Å². The lowest BCUT2D eigenvalue weighted by Gasteiger charge is -2.04. The molecule has 68 valence electrons. The highest BCUT2D eigenvalue weighted by molar-refractivity contribution is 5.40. The molecular weight excluding hydrogens is 165 g/mol. The maximum absolute atomic E-state index is 12.8. The Hall–Kier alpha value is -1.33. The third-order valence-electron chi connectivity index (χ3n) is 1.79. The van der Waals surface area contributed by atoms with E-state index in [1.807, 2.05) is 6.92 Å². The van der Waals surface area contributed by atoms with Crippen LogP contribution in [0.15, 0.2) is 18.2 Å². The van der Waals surface area contributed by atoms with Crippen LogP contribution in [0.5, 0.6) is 0 Å². The first-order chi connectivity index (χ1) is 6.27. The van der Waals surface area contributed by atoms with Crippen LogP contribution in [0.25, 0.3) is 0 Å². The molecule has 0 fully saturated rings. The van der Waals surface area contributed by atoms with E-state index < -0.39 is 0 Å². The van der Waals surface area contributed by atoms with Gasteiger partial charge in [0, 0.05) is 12.1 Å². The fourth-order valence-electron chi connectivity index (χ4n) is 1.11. The smallest absolute Gasteiger partial charge is 0.123 e. The average molecular weight is 177 g/mol. The molecule has 0 saturated heterocycles. The first kappa shape index (κ1) is 9.76. The van der Waals surface area contributed by atoms with Crippen LogP contribution in [-0.2, 0) is 6.54 Å². The second kappa shape index (κ2) is 4.64. The van der Waals surface area contributed by atoms with Crippen molar-refractivity contribution in [1.82, 2.24) is 5.32 Å². The second-order valence-corrected chi connectivity index (χ2v) is 2.73. The van der Waals surface area contributed by atoms with E-state index in [-0.39, 0.29) is 5.82 Å². The first-order valence-corrected chi connectivity index (χ1v) is 4.23. The quantitative estimate of drug-likeness (QED) is 0.695. The van der Waals surface area contributed by atoms with Gasteiger partial charge >= 0.3 is 0 Å². The third kappa shape index (κ3) is 2.57. The molecule has 1 N–H and O–H groups in total. The summed E-state index contributed by atoms with van der Waals surface area (Å²) in [6, 6.07) is 4.48. The molecule has 1 aromatic carbocycles. The molecule has 0 saturated carbocycles. The summed E-state index contributed by atoms with van der Waals surface area (Å²) in [6.07, 6.45) is 5.27. The minimum atomic E-state index is -0.244. The standard InChI is InChI=1S/C11H12FN/c1-3-9-5-6-11(12)7-10(9)8-13-4-2/h1,5-7,13H,4,8H2,2H3. The van der Waals surface area contributed by atoms with E-state index >= 15 is 0 Å². The average Bonchev–Trinajstić information content (AvgIpc) is 2.15. The van der Waals surface area contributed by atoms with Gasteiger partial charge in [-0.05, 0) is 30.3 Å². The highest BCUT2D eigenvalue weighted by Crippen LogP contribution is 2.09.